The molecular formula is C15H20BrN3O2. The number of nitrogens with one attached hydrogen (secondary N) is 1. The molecule has 114 valence electrons. The van der Waals surface area contributed by atoms with Crippen LogP contribution >= 0.6 is 15.9 Å². The number of nitrogens with zero attached hydrogens (tertiary/aromatic N) is 2. The third-order valence-electron chi connectivity index (χ3n) is 3.05. The third kappa shape index (κ3) is 4.62. The highest BCUT2D eigenvalue weighted by molar-refractivity contribution is 9.10. The summed E-state index contributed by atoms with van der Waals surface area (Å²) < 4.78 is 11.5. The molecule has 0 fully saturated rings. The summed E-state index contributed by atoms with van der Waals surface area (Å²) in [4.78, 5) is 4.47. The van der Waals surface area contributed by atoms with Crippen LogP contribution in [0.5, 0.6) is 0 Å². The van der Waals surface area contributed by atoms with E-state index in [1.54, 1.807) is 7.11 Å². The molecule has 5 nitrogen and oxygen atoms in total. The van der Waals surface area contributed by atoms with Gasteiger partial charge in [0, 0.05) is 29.6 Å². The zero-order chi connectivity index (χ0) is 15.1. The van der Waals surface area contributed by atoms with Crippen LogP contribution in [0.3, 0.4) is 0 Å². The van der Waals surface area contributed by atoms with Gasteiger partial charge in [-0.2, -0.15) is 4.98 Å². The molecule has 2 rings (SSSR count). The summed E-state index contributed by atoms with van der Waals surface area (Å²) in [6, 6.07) is 8.01. The van der Waals surface area contributed by atoms with Crippen LogP contribution in [0.1, 0.15) is 19.2 Å². The molecule has 1 aromatic carbocycles. The molecule has 0 amide bonds. The van der Waals surface area contributed by atoms with Crippen LogP contribution < -0.4 is 5.32 Å². The molecule has 0 saturated heterocycles. The lowest BCUT2D eigenvalue weighted by molar-refractivity contribution is 0.161. The Hall–Kier alpha value is -1.24. The molecule has 0 radical (unpaired) electrons. The van der Waals surface area contributed by atoms with Crippen molar-refractivity contribution in [1.82, 2.24) is 15.5 Å². The molecule has 0 aliphatic heterocycles. The number of methoxy groups -OCH3 is 1. The fourth-order valence-corrected chi connectivity index (χ4v) is 2.50. The molecule has 21 heavy (non-hydrogen) atoms. The largest absolute Gasteiger partial charge is 0.383 e. The Bertz CT molecular complexity index is 559. The average molecular weight is 354 g/mol. The lowest BCUT2D eigenvalue weighted by Gasteiger charge is -2.15. The van der Waals surface area contributed by atoms with Crippen molar-refractivity contribution in [2.24, 2.45) is 0 Å². The molecule has 0 aliphatic rings. The molecule has 0 bridgehead atoms. The number of halogens is 1. The van der Waals surface area contributed by atoms with Gasteiger partial charge in [0.1, 0.15) is 0 Å². The number of hydrogen-bond donors (Lipinski definition) is 1. The van der Waals surface area contributed by atoms with Gasteiger partial charge in [0.05, 0.1) is 6.61 Å². The second kappa shape index (κ2) is 8.26. The SMILES string of the molecule is CCCNC(COC)Cc1nc(-c2ccccc2Br)no1. The van der Waals surface area contributed by atoms with Crippen LogP contribution in [-0.4, -0.2) is 36.4 Å². The molecule has 1 atom stereocenters. The molecule has 6 heteroatoms. The summed E-state index contributed by atoms with van der Waals surface area (Å²) in [6.45, 7) is 3.70. The summed E-state index contributed by atoms with van der Waals surface area (Å²) in [5, 5.41) is 7.47. The number of aromatic nitrogens is 2. The number of ether oxygens (including phenoxy) is 1. The first-order chi connectivity index (χ1) is 10.2. The molecule has 1 N–H and O–H groups in total. The van der Waals surface area contributed by atoms with Crippen molar-refractivity contribution in [1.29, 1.82) is 0 Å². The maximum atomic E-state index is 5.35. The first kappa shape index (κ1) is 16.1. The topological polar surface area (TPSA) is 60.2 Å². The first-order valence-electron chi connectivity index (χ1n) is 7.04. The van der Waals surface area contributed by atoms with Gasteiger partial charge in [-0.25, -0.2) is 0 Å². The fraction of sp³-hybridized carbons (Fsp3) is 0.467. The molecule has 1 unspecified atom stereocenters. The van der Waals surface area contributed by atoms with Crippen molar-refractivity contribution in [2.45, 2.75) is 25.8 Å². The van der Waals surface area contributed by atoms with Gasteiger partial charge in [-0.1, -0.05) is 40.1 Å². The fourth-order valence-electron chi connectivity index (χ4n) is 2.04. The van der Waals surface area contributed by atoms with Crippen LogP contribution in [0.15, 0.2) is 33.3 Å². The Morgan fingerprint density at radius 3 is 2.90 bits per heavy atom. The summed E-state index contributed by atoms with van der Waals surface area (Å²) >= 11 is 3.50. The summed E-state index contributed by atoms with van der Waals surface area (Å²) in [6.07, 6.45) is 1.73. The number of hydrogen-bond acceptors (Lipinski definition) is 5. The second-order valence-electron chi connectivity index (χ2n) is 4.80. The van der Waals surface area contributed by atoms with Crippen molar-refractivity contribution >= 4 is 15.9 Å². The van der Waals surface area contributed by atoms with E-state index in [2.05, 4.69) is 38.3 Å². The van der Waals surface area contributed by atoms with Gasteiger partial charge in [-0.15, -0.1) is 0 Å². The quantitative estimate of drug-likeness (QED) is 0.790. The van der Waals surface area contributed by atoms with Gasteiger partial charge in [-0.05, 0) is 25.1 Å². The minimum Gasteiger partial charge on any atom is -0.383 e. The van der Waals surface area contributed by atoms with E-state index in [0.29, 0.717) is 24.7 Å². The minimum atomic E-state index is 0.183. The van der Waals surface area contributed by atoms with Crippen molar-refractivity contribution in [2.75, 3.05) is 20.3 Å². The highest BCUT2D eigenvalue weighted by Gasteiger charge is 2.15. The Balaban J connectivity index is 2.06. The van der Waals surface area contributed by atoms with Gasteiger partial charge in [0.15, 0.2) is 0 Å². The predicted octanol–water partition coefficient (Wildman–Crippen LogP) is 3.06. The van der Waals surface area contributed by atoms with E-state index in [9.17, 15) is 0 Å². The Morgan fingerprint density at radius 1 is 1.38 bits per heavy atom. The summed E-state index contributed by atoms with van der Waals surface area (Å²) in [5.41, 5.74) is 0.928. The van der Waals surface area contributed by atoms with Crippen molar-refractivity contribution in [3.05, 3.63) is 34.6 Å². The highest BCUT2D eigenvalue weighted by Crippen LogP contribution is 2.25. The highest BCUT2D eigenvalue weighted by atomic mass is 79.9. The molecular weight excluding hydrogens is 334 g/mol. The maximum Gasteiger partial charge on any atom is 0.228 e. The van der Waals surface area contributed by atoms with Crippen molar-refractivity contribution < 1.29 is 9.26 Å². The Morgan fingerprint density at radius 2 is 2.19 bits per heavy atom. The first-order valence-corrected chi connectivity index (χ1v) is 7.83. The minimum absolute atomic E-state index is 0.183. The maximum absolute atomic E-state index is 5.35. The molecule has 0 spiro atoms. The van der Waals surface area contributed by atoms with Gasteiger partial charge >= 0.3 is 0 Å². The number of benzene rings is 1. The van der Waals surface area contributed by atoms with Crippen LogP contribution in [0.25, 0.3) is 11.4 Å². The average Bonchev–Trinajstić information content (AvgIpc) is 2.94. The lowest BCUT2D eigenvalue weighted by Crippen LogP contribution is -2.35. The van der Waals surface area contributed by atoms with E-state index in [0.717, 1.165) is 23.0 Å². The standard InChI is InChI=1S/C15H20BrN3O2/c1-3-8-17-11(10-20-2)9-14-18-15(19-21-14)12-6-4-5-7-13(12)16/h4-7,11,17H,3,8-10H2,1-2H3. The van der Waals surface area contributed by atoms with Gasteiger partial charge < -0.3 is 14.6 Å². The monoisotopic (exact) mass is 353 g/mol. The van der Waals surface area contributed by atoms with Crippen molar-refractivity contribution in [3.8, 4) is 11.4 Å². The van der Waals surface area contributed by atoms with Gasteiger partial charge in [-0.3, -0.25) is 0 Å². The van der Waals surface area contributed by atoms with E-state index >= 15 is 0 Å². The number of rotatable bonds is 8. The van der Waals surface area contributed by atoms with Gasteiger partial charge in [0.2, 0.25) is 11.7 Å². The summed E-state index contributed by atoms with van der Waals surface area (Å²) in [5.74, 6) is 1.22. The van der Waals surface area contributed by atoms with Crippen LogP contribution in [0.2, 0.25) is 0 Å². The molecule has 1 heterocycles. The van der Waals surface area contributed by atoms with E-state index in [-0.39, 0.29) is 6.04 Å². The second-order valence-corrected chi connectivity index (χ2v) is 5.66. The molecule has 2 aromatic rings. The molecule has 1 aromatic heterocycles. The third-order valence-corrected chi connectivity index (χ3v) is 3.75. The Labute approximate surface area is 133 Å². The molecule has 0 saturated carbocycles. The van der Waals surface area contributed by atoms with Gasteiger partial charge in [0.25, 0.3) is 0 Å². The van der Waals surface area contributed by atoms with E-state index in [1.165, 1.54) is 0 Å². The van der Waals surface area contributed by atoms with Crippen molar-refractivity contribution in [3.63, 3.8) is 0 Å². The smallest absolute Gasteiger partial charge is 0.228 e. The Kier molecular flexibility index (Phi) is 6.35. The summed E-state index contributed by atoms with van der Waals surface area (Å²) in [7, 11) is 1.70. The zero-order valence-electron chi connectivity index (χ0n) is 12.3. The van der Waals surface area contributed by atoms with Crippen LogP contribution in [0.4, 0.5) is 0 Å². The van der Waals surface area contributed by atoms with E-state index in [4.69, 9.17) is 9.26 Å². The van der Waals surface area contributed by atoms with Crippen LogP contribution in [0, 0.1) is 0 Å². The van der Waals surface area contributed by atoms with E-state index < -0.39 is 0 Å². The predicted molar refractivity (Wildman–Crippen MR) is 85.1 cm³/mol. The molecule has 0 aliphatic carbocycles. The lowest BCUT2D eigenvalue weighted by atomic mass is 10.2. The zero-order valence-corrected chi connectivity index (χ0v) is 13.9. The van der Waals surface area contributed by atoms with E-state index in [1.807, 2.05) is 24.3 Å². The normalized spacial score (nSPS) is 12.5. The van der Waals surface area contributed by atoms with Crippen LogP contribution in [-0.2, 0) is 11.2 Å².